The van der Waals surface area contributed by atoms with E-state index < -0.39 is 0 Å². The number of hydrogen-bond donors (Lipinski definition) is 1. The highest BCUT2D eigenvalue weighted by atomic mass is 16.5. The fraction of sp³-hybridized carbons (Fsp3) is 0.222. The molecule has 0 atom stereocenters. The van der Waals surface area contributed by atoms with E-state index in [9.17, 15) is 4.79 Å². The Hall–Kier alpha value is -1.35. The van der Waals surface area contributed by atoms with Gasteiger partial charge in [0.2, 0.25) is 0 Å². The first-order chi connectivity index (χ1) is 5.18. The third kappa shape index (κ3) is 3.16. The smallest absolute Gasteiger partial charge is 0.308 e. The molecule has 0 spiro atoms. The normalized spacial score (nSPS) is 8.50. The van der Waals surface area contributed by atoms with Crippen LogP contribution in [0.1, 0.15) is 12.5 Å². The summed E-state index contributed by atoms with van der Waals surface area (Å²) >= 11 is 0. The second-order valence-corrected chi connectivity index (χ2v) is 2.41. The minimum absolute atomic E-state index is 0. The maximum atomic E-state index is 10.5. The zero-order valence-electron chi connectivity index (χ0n) is 7.33. The molecule has 0 aliphatic rings. The zero-order valence-corrected chi connectivity index (χ0v) is 7.33. The van der Waals surface area contributed by atoms with E-state index in [1.54, 1.807) is 12.1 Å². The SMILES string of the molecule is CC(=O)Oc1ccc(C)cc1.N. The first kappa shape index (κ1) is 10.7. The fourth-order valence-corrected chi connectivity index (χ4v) is 0.772. The molecule has 0 heterocycles. The number of benzene rings is 1. The van der Waals surface area contributed by atoms with Crippen molar-refractivity contribution < 1.29 is 9.53 Å². The lowest BCUT2D eigenvalue weighted by Crippen LogP contribution is -2.00. The van der Waals surface area contributed by atoms with E-state index >= 15 is 0 Å². The summed E-state index contributed by atoms with van der Waals surface area (Å²) in [7, 11) is 0. The van der Waals surface area contributed by atoms with Crippen molar-refractivity contribution in [3.8, 4) is 5.75 Å². The van der Waals surface area contributed by atoms with Crippen LogP contribution in [0.3, 0.4) is 0 Å². The molecule has 0 fully saturated rings. The highest BCUT2D eigenvalue weighted by molar-refractivity contribution is 5.69. The molecule has 66 valence electrons. The molecule has 1 aromatic carbocycles. The van der Waals surface area contributed by atoms with E-state index in [2.05, 4.69) is 0 Å². The van der Waals surface area contributed by atoms with Crippen LogP contribution in [0.2, 0.25) is 0 Å². The summed E-state index contributed by atoms with van der Waals surface area (Å²) < 4.78 is 4.83. The Labute approximate surface area is 71.9 Å². The van der Waals surface area contributed by atoms with Gasteiger partial charge in [-0.15, -0.1) is 0 Å². The van der Waals surface area contributed by atoms with Crippen LogP contribution >= 0.6 is 0 Å². The lowest BCUT2D eigenvalue weighted by Gasteiger charge is -1.99. The molecule has 0 aliphatic carbocycles. The molecular weight excluding hydrogens is 154 g/mol. The van der Waals surface area contributed by atoms with Crippen molar-refractivity contribution in [2.45, 2.75) is 13.8 Å². The van der Waals surface area contributed by atoms with Crippen molar-refractivity contribution in [2.24, 2.45) is 0 Å². The maximum Gasteiger partial charge on any atom is 0.308 e. The van der Waals surface area contributed by atoms with Crippen LogP contribution in [0.15, 0.2) is 24.3 Å². The van der Waals surface area contributed by atoms with E-state index in [1.165, 1.54) is 6.92 Å². The van der Waals surface area contributed by atoms with Gasteiger partial charge < -0.3 is 10.9 Å². The highest BCUT2D eigenvalue weighted by Crippen LogP contribution is 2.10. The molecular formula is C9H13NO2. The number of rotatable bonds is 1. The maximum absolute atomic E-state index is 10.5. The number of carbonyl (C=O) groups excluding carboxylic acids is 1. The molecule has 1 aromatic rings. The van der Waals surface area contributed by atoms with Crippen LogP contribution in [0.25, 0.3) is 0 Å². The van der Waals surface area contributed by atoms with Crippen molar-refractivity contribution in [2.75, 3.05) is 0 Å². The Morgan fingerprint density at radius 2 is 1.75 bits per heavy atom. The van der Waals surface area contributed by atoms with Crippen LogP contribution < -0.4 is 10.9 Å². The fourth-order valence-electron chi connectivity index (χ4n) is 0.772. The van der Waals surface area contributed by atoms with Crippen molar-refractivity contribution >= 4 is 5.97 Å². The van der Waals surface area contributed by atoms with Gasteiger partial charge in [-0.05, 0) is 19.1 Å². The Morgan fingerprint density at radius 3 is 2.17 bits per heavy atom. The summed E-state index contributed by atoms with van der Waals surface area (Å²) in [5.74, 6) is 0.317. The summed E-state index contributed by atoms with van der Waals surface area (Å²) in [6.07, 6.45) is 0. The third-order valence-corrected chi connectivity index (χ3v) is 1.28. The number of aryl methyl sites for hydroxylation is 1. The second kappa shape index (κ2) is 4.51. The molecule has 0 saturated heterocycles. The van der Waals surface area contributed by atoms with E-state index in [0.717, 1.165) is 5.56 Å². The predicted octanol–water partition coefficient (Wildman–Crippen LogP) is 2.08. The van der Waals surface area contributed by atoms with Gasteiger partial charge in [0.25, 0.3) is 0 Å². The summed E-state index contributed by atoms with van der Waals surface area (Å²) in [5.41, 5.74) is 1.15. The number of ether oxygens (including phenoxy) is 1. The van der Waals surface area contributed by atoms with Crippen molar-refractivity contribution in [3.63, 3.8) is 0 Å². The lowest BCUT2D eigenvalue weighted by atomic mass is 10.2. The van der Waals surface area contributed by atoms with Gasteiger partial charge in [0, 0.05) is 6.92 Å². The molecule has 1 rings (SSSR count). The first-order valence-electron chi connectivity index (χ1n) is 3.43. The quantitative estimate of drug-likeness (QED) is 0.514. The summed E-state index contributed by atoms with van der Waals surface area (Å²) in [6.45, 7) is 3.37. The lowest BCUT2D eigenvalue weighted by molar-refractivity contribution is -0.131. The largest absolute Gasteiger partial charge is 0.427 e. The Kier molecular flexibility index (Phi) is 4.00. The molecule has 0 saturated carbocycles. The van der Waals surface area contributed by atoms with Crippen LogP contribution in [0, 0.1) is 6.92 Å². The standard InChI is InChI=1S/C9H10O2.H3N/c1-7-3-5-9(6-4-7)11-8(2)10;/h3-6H,1-2H3;1H3. The van der Waals surface area contributed by atoms with Gasteiger partial charge in [-0.1, -0.05) is 17.7 Å². The Balaban J connectivity index is 0.00000121. The van der Waals surface area contributed by atoms with Crippen LogP contribution in [0.5, 0.6) is 5.75 Å². The molecule has 3 N–H and O–H groups in total. The zero-order chi connectivity index (χ0) is 8.27. The molecule has 0 bridgehead atoms. The van der Waals surface area contributed by atoms with Gasteiger partial charge in [-0.25, -0.2) is 0 Å². The first-order valence-corrected chi connectivity index (χ1v) is 3.43. The van der Waals surface area contributed by atoms with Crippen LogP contribution in [0.4, 0.5) is 0 Å². The topological polar surface area (TPSA) is 61.3 Å². The third-order valence-electron chi connectivity index (χ3n) is 1.28. The van der Waals surface area contributed by atoms with E-state index in [1.807, 2.05) is 19.1 Å². The molecule has 0 amide bonds. The van der Waals surface area contributed by atoms with Gasteiger partial charge in [0.1, 0.15) is 5.75 Å². The van der Waals surface area contributed by atoms with E-state index in [4.69, 9.17) is 4.74 Å². The molecule has 0 unspecified atom stereocenters. The van der Waals surface area contributed by atoms with Crippen LogP contribution in [-0.2, 0) is 4.79 Å². The van der Waals surface area contributed by atoms with Crippen LogP contribution in [-0.4, -0.2) is 5.97 Å². The van der Waals surface area contributed by atoms with E-state index in [0.29, 0.717) is 5.75 Å². The van der Waals surface area contributed by atoms with Gasteiger partial charge in [-0.3, -0.25) is 4.79 Å². The average molecular weight is 167 g/mol. The van der Waals surface area contributed by atoms with E-state index in [-0.39, 0.29) is 12.1 Å². The minimum Gasteiger partial charge on any atom is -0.427 e. The molecule has 3 nitrogen and oxygen atoms in total. The molecule has 12 heavy (non-hydrogen) atoms. The van der Waals surface area contributed by atoms with Crippen molar-refractivity contribution in [1.29, 1.82) is 0 Å². The Morgan fingerprint density at radius 1 is 1.25 bits per heavy atom. The second-order valence-electron chi connectivity index (χ2n) is 2.41. The van der Waals surface area contributed by atoms with Gasteiger partial charge in [0.05, 0.1) is 0 Å². The summed E-state index contributed by atoms with van der Waals surface area (Å²) in [4.78, 5) is 10.5. The summed E-state index contributed by atoms with van der Waals surface area (Å²) in [6, 6.07) is 7.35. The number of carbonyl (C=O) groups is 1. The summed E-state index contributed by atoms with van der Waals surface area (Å²) in [5, 5.41) is 0. The van der Waals surface area contributed by atoms with Gasteiger partial charge in [-0.2, -0.15) is 0 Å². The predicted molar refractivity (Wildman–Crippen MR) is 47.5 cm³/mol. The van der Waals surface area contributed by atoms with Crippen molar-refractivity contribution in [3.05, 3.63) is 29.8 Å². The molecule has 3 heteroatoms. The monoisotopic (exact) mass is 167 g/mol. The highest BCUT2D eigenvalue weighted by Gasteiger charge is 1.94. The van der Waals surface area contributed by atoms with Gasteiger partial charge in [0.15, 0.2) is 0 Å². The number of esters is 1. The van der Waals surface area contributed by atoms with Crippen molar-refractivity contribution in [1.82, 2.24) is 6.15 Å². The average Bonchev–Trinajstić information content (AvgIpc) is 1.93. The molecule has 0 aromatic heterocycles. The molecule has 0 aliphatic heterocycles. The molecule has 0 radical (unpaired) electrons. The minimum atomic E-state index is -0.283. The van der Waals surface area contributed by atoms with Gasteiger partial charge >= 0.3 is 5.97 Å². The number of hydrogen-bond acceptors (Lipinski definition) is 3. The Bertz CT molecular complexity index is 254.